The molecule has 2 nitrogen and oxygen atoms in total. The quantitative estimate of drug-likeness (QED) is 0.723. The van der Waals surface area contributed by atoms with Crippen LogP contribution in [0.5, 0.6) is 0 Å². The highest BCUT2D eigenvalue weighted by Gasteiger charge is 2.17. The van der Waals surface area contributed by atoms with Gasteiger partial charge in [0.1, 0.15) is 0 Å². The lowest BCUT2D eigenvalue weighted by Gasteiger charge is -2.15. The predicted molar refractivity (Wildman–Crippen MR) is 64.8 cm³/mol. The molecule has 0 radical (unpaired) electrons. The van der Waals surface area contributed by atoms with Gasteiger partial charge < -0.3 is 5.73 Å². The summed E-state index contributed by atoms with van der Waals surface area (Å²) in [5.41, 5.74) is 8.22. The number of carbonyl (C=O) groups is 1. The summed E-state index contributed by atoms with van der Waals surface area (Å²) in [4.78, 5) is 11.5. The Morgan fingerprint density at radius 3 is 2.75 bits per heavy atom. The number of hydrogen-bond acceptors (Lipinski definition) is 2. The summed E-state index contributed by atoms with van der Waals surface area (Å²) in [6.45, 7) is 0. The maximum atomic E-state index is 11.5. The number of rotatable bonds is 0. The highest BCUT2D eigenvalue weighted by Crippen LogP contribution is 2.27. The van der Waals surface area contributed by atoms with E-state index in [1.165, 1.54) is 5.39 Å². The molecule has 0 unspecified atom stereocenters. The molecule has 1 aliphatic carbocycles. The van der Waals surface area contributed by atoms with E-state index in [0.717, 1.165) is 16.5 Å². The first-order chi connectivity index (χ1) is 7.75. The van der Waals surface area contributed by atoms with E-state index in [-0.39, 0.29) is 5.78 Å². The smallest absolute Gasteiger partial charge is 0.182 e. The van der Waals surface area contributed by atoms with Crippen molar-refractivity contribution in [2.45, 2.75) is 6.42 Å². The third-order valence-electron chi connectivity index (χ3n) is 3.03. The standard InChI is InChI=1S/C14H11NO/c15-13-8-12-10(7-14(13)16)6-5-9-3-1-2-4-11(9)12/h1-6,8H,7,15H2. The molecule has 0 saturated carbocycles. The van der Waals surface area contributed by atoms with Crippen LogP contribution in [0.25, 0.3) is 16.8 Å². The summed E-state index contributed by atoms with van der Waals surface area (Å²) >= 11 is 0. The van der Waals surface area contributed by atoms with Crippen LogP contribution in [-0.4, -0.2) is 5.78 Å². The van der Waals surface area contributed by atoms with Crippen LogP contribution in [-0.2, 0) is 11.2 Å². The first-order valence-electron chi connectivity index (χ1n) is 5.27. The number of Topliss-reactive ketones (excluding diaryl/α,β-unsaturated/α-hetero) is 1. The van der Waals surface area contributed by atoms with E-state index >= 15 is 0 Å². The molecule has 78 valence electrons. The molecule has 0 spiro atoms. The predicted octanol–water partition coefficient (Wildman–Crippen LogP) is 2.26. The van der Waals surface area contributed by atoms with E-state index in [1.54, 1.807) is 6.08 Å². The molecule has 0 saturated heterocycles. The summed E-state index contributed by atoms with van der Waals surface area (Å²) in [5.74, 6) is 0.0165. The first kappa shape index (κ1) is 9.16. The van der Waals surface area contributed by atoms with Crippen LogP contribution in [0.1, 0.15) is 11.1 Å². The van der Waals surface area contributed by atoms with Crippen molar-refractivity contribution in [2.24, 2.45) is 5.73 Å². The number of fused-ring (bicyclic) bond motifs is 3. The van der Waals surface area contributed by atoms with Gasteiger partial charge in [-0.3, -0.25) is 4.79 Å². The maximum absolute atomic E-state index is 11.5. The number of benzene rings is 2. The second-order valence-electron chi connectivity index (χ2n) is 4.06. The number of ketones is 1. The van der Waals surface area contributed by atoms with Crippen LogP contribution in [0.3, 0.4) is 0 Å². The van der Waals surface area contributed by atoms with Crippen molar-refractivity contribution in [3.05, 3.63) is 53.2 Å². The number of hydrogen-bond donors (Lipinski definition) is 1. The highest BCUT2D eigenvalue weighted by molar-refractivity contribution is 6.06. The Morgan fingerprint density at radius 2 is 1.88 bits per heavy atom. The minimum atomic E-state index is 0.0165. The average molecular weight is 209 g/mol. The third-order valence-corrected chi connectivity index (χ3v) is 3.03. The molecular weight excluding hydrogens is 198 g/mol. The molecule has 0 fully saturated rings. The number of nitrogens with two attached hydrogens (primary N) is 1. The van der Waals surface area contributed by atoms with Gasteiger partial charge in [0, 0.05) is 6.42 Å². The van der Waals surface area contributed by atoms with Crippen LogP contribution < -0.4 is 5.73 Å². The maximum Gasteiger partial charge on any atom is 0.182 e. The van der Waals surface area contributed by atoms with Crippen molar-refractivity contribution in [2.75, 3.05) is 0 Å². The number of allylic oxidation sites excluding steroid dienone is 1. The van der Waals surface area contributed by atoms with Gasteiger partial charge >= 0.3 is 0 Å². The summed E-state index contributed by atoms with van der Waals surface area (Å²) in [7, 11) is 0. The van der Waals surface area contributed by atoms with Gasteiger partial charge in [-0.1, -0.05) is 36.4 Å². The molecule has 0 aliphatic heterocycles. The molecular formula is C14H11NO. The zero-order chi connectivity index (χ0) is 11.1. The summed E-state index contributed by atoms with van der Waals surface area (Å²) in [5, 5.41) is 2.34. The first-order valence-corrected chi connectivity index (χ1v) is 5.27. The minimum absolute atomic E-state index is 0.0165. The summed E-state index contributed by atoms with van der Waals surface area (Å²) < 4.78 is 0. The molecule has 16 heavy (non-hydrogen) atoms. The fourth-order valence-corrected chi connectivity index (χ4v) is 2.18. The van der Waals surface area contributed by atoms with Gasteiger partial charge in [0.05, 0.1) is 5.70 Å². The molecule has 2 heteroatoms. The van der Waals surface area contributed by atoms with Crippen molar-refractivity contribution < 1.29 is 4.79 Å². The SMILES string of the molecule is NC1=Cc2c(ccc3ccccc23)CC1=O. The fraction of sp³-hybridized carbons (Fsp3) is 0.0714. The van der Waals surface area contributed by atoms with Crippen molar-refractivity contribution in [1.29, 1.82) is 0 Å². The van der Waals surface area contributed by atoms with Gasteiger partial charge in [-0.05, 0) is 28.0 Å². The molecule has 1 aliphatic rings. The topological polar surface area (TPSA) is 43.1 Å². The molecule has 0 bridgehead atoms. The van der Waals surface area contributed by atoms with Gasteiger partial charge in [-0.15, -0.1) is 0 Å². The molecule has 2 aromatic rings. The zero-order valence-electron chi connectivity index (χ0n) is 8.73. The van der Waals surface area contributed by atoms with Crippen molar-refractivity contribution in [3.63, 3.8) is 0 Å². The Morgan fingerprint density at radius 1 is 1.06 bits per heavy atom. The van der Waals surface area contributed by atoms with E-state index in [9.17, 15) is 4.79 Å². The molecule has 0 atom stereocenters. The molecule has 0 amide bonds. The molecule has 3 rings (SSSR count). The van der Waals surface area contributed by atoms with E-state index < -0.39 is 0 Å². The minimum Gasteiger partial charge on any atom is -0.396 e. The van der Waals surface area contributed by atoms with Gasteiger partial charge in [0.2, 0.25) is 0 Å². The summed E-state index contributed by atoms with van der Waals surface area (Å²) in [6, 6.07) is 12.2. The van der Waals surface area contributed by atoms with Crippen LogP contribution in [0.2, 0.25) is 0 Å². The molecule has 2 aromatic carbocycles. The highest BCUT2D eigenvalue weighted by atomic mass is 16.1. The Hall–Kier alpha value is -2.09. The molecule has 0 heterocycles. The fourth-order valence-electron chi connectivity index (χ4n) is 2.18. The van der Waals surface area contributed by atoms with E-state index in [4.69, 9.17) is 5.73 Å². The Labute approximate surface area is 93.4 Å². The van der Waals surface area contributed by atoms with Gasteiger partial charge in [-0.25, -0.2) is 0 Å². The average Bonchev–Trinajstić information content (AvgIpc) is 2.31. The Balaban J connectivity index is 2.38. The van der Waals surface area contributed by atoms with E-state index in [0.29, 0.717) is 12.1 Å². The van der Waals surface area contributed by atoms with Gasteiger partial charge in [0.25, 0.3) is 0 Å². The molecule has 0 aromatic heterocycles. The molecule has 2 N–H and O–H groups in total. The lowest BCUT2D eigenvalue weighted by molar-refractivity contribution is -0.115. The number of carbonyl (C=O) groups excluding carboxylic acids is 1. The van der Waals surface area contributed by atoms with E-state index in [2.05, 4.69) is 18.2 Å². The van der Waals surface area contributed by atoms with Crippen molar-refractivity contribution >= 4 is 22.6 Å². The summed E-state index contributed by atoms with van der Waals surface area (Å²) in [6.07, 6.45) is 2.21. The Bertz CT molecular complexity index is 626. The lowest BCUT2D eigenvalue weighted by Crippen LogP contribution is -2.18. The van der Waals surface area contributed by atoms with Crippen LogP contribution in [0.4, 0.5) is 0 Å². The van der Waals surface area contributed by atoms with Crippen molar-refractivity contribution in [3.8, 4) is 0 Å². The van der Waals surface area contributed by atoms with E-state index in [1.807, 2.05) is 18.2 Å². The normalized spacial score (nSPS) is 14.8. The Kier molecular flexibility index (Phi) is 1.83. The van der Waals surface area contributed by atoms with Crippen LogP contribution >= 0.6 is 0 Å². The third kappa shape index (κ3) is 1.23. The second-order valence-corrected chi connectivity index (χ2v) is 4.06. The van der Waals surface area contributed by atoms with Gasteiger partial charge in [-0.2, -0.15) is 0 Å². The van der Waals surface area contributed by atoms with Crippen LogP contribution in [0, 0.1) is 0 Å². The zero-order valence-corrected chi connectivity index (χ0v) is 8.73. The van der Waals surface area contributed by atoms with Crippen molar-refractivity contribution in [1.82, 2.24) is 0 Å². The second kappa shape index (κ2) is 3.20. The van der Waals surface area contributed by atoms with Crippen LogP contribution in [0.15, 0.2) is 42.1 Å². The monoisotopic (exact) mass is 209 g/mol. The lowest BCUT2D eigenvalue weighted by atomic mass is 9.90. The van der Waals surface area contributed by atoms with Gasteiger partial charge in [0.15, 0.2) is 5.78 Å². The largest absolute Gasteiger partial charge is 0.396 e.